The lowest BCUT2D eigenvalue weighted by Crippen LogP contribution is -2.55. The van der Waals surface area contributed by atoms with Gasteiger partial charge in [-0.1, -0.05) is 61.5 Å². The van der Waals surface area contributed by atoms with E-state index in [0.29, 0.717) is 11.1 Å². The van der Waals surface area contributed by atoms with E-state index in [1.54, 1.807) is 42.5 Å². The van der Waals surface area contributed by atoms with E-state index in [4.69, 9.17) is 4.74 Å². The molecule has 0 unspecified atom stereocenters. The van der Waals surface area contributed by atoms with Crippen molar-refractivity contribution >= 4 is 11.8 Å². The Morgan fingerprint density at radius 2 is 1.57 bits per heavy atom. The Bertz CT molecular complexity index is 1170. The highest BCUT2D eigenvalue weighted by atomic mass is 32.2. The molecular weight excluding hydrogens is 509 g/mol. The van der Waals surface area contributed by atoms with Gasteiger partial charge in [0.15, 0.2) is 5.44 Å². The lowest BCUT2D eigenvalue weighted by molar-refractivity contribution is -0.144. The number of halogens is 3. The predicted octanol–water partition coefficient (Wildman–Crippen LogP) is 3.00. The maximum Gasteiger partial charge on any atom is 0.433 e. The first-order chi connectivity index (χ1) is 17.6. The number of thioether (sulfide) groups is 1. The summed E-state index contributed by atoms with van der Waals surface area (Å²) in [6.45, 7) is 1.29. The quantitative estimate of drug-likeness (QED) is 0.349. The third-order valence-electron chi connectivity index (χ3n) is 6.35. The van der Waals surface area contributed by atoms with Gasteiger partial charge in [-0.05, 0) is 23.1 Å². The highest BCUT2D eigenvalue weighted by molar-refractivity contribution is 8.00. The number of aryl methyl sites for hydroxylation is 1. The van der Waals surface area contributed by atoms with Crippen LogP contribution in [0.5, 0.6) is 5.88 Å². The number of alkyl halides is 3. The first-order valence-corrected chi connectivity index (χ1v) is 12.8. The van der Waals surface area contributed by atoms with E-state index in [1.807, 2.05) is 19.1 Å². The maximum absolute atomic E-state index is 14.5. The number of hydrogen-bond donors (Lipinski definition) is 4. The molecule has 1 aliphatic rings. The molecule has 0 spiro atoms. The van der Waals surface area contributed by atoms with Crippen LogP contribution in [0.1, 0.15) is 34.9 Å². The van der Waals surface area contributed by atoms with Crippen LogP contribution < -0.4 is 4.74 Å². The van der Waals surface area contributed by atoms with Crippen LogP contribution in [0.25, 0.3) is 0 Å². The van der Waals surface area contributed by atoms with Gasteiger partial charge in [-0.25, -0.2) is 0 Å². The van der Waals surface area contributed by atoms with Crippen molar-refractivity contribution in [1.29, 1.82) is 0 Å². The van der Waals surface area contributed by atoms with E-state index in [-0.39, 0.29) is 24.4 Å². The van der Waals surface area contributed by atoms with Crippen LogP contribution >= 0.6 is 11.8 Å². The van der Waals surface area contributed by atoms with Crippen LogP contribution in [-0.2, 0) is 25.6 Å². The van der Waals surface area contributed by atoms with Crippen molar-refractivity contribution in [2.45, 2.75) is 61.5 Å². The molecule has 37 heavy (non-hydrogen) atoms. The van der Waals surface area contributed by atoms with Gasteiger partial charge >= 0.3 is 6.18 Å². The Kier molecular flexibility index (Phi) is 8.49. The SMILES string of the molecule is CCc1ccc(Cc2c(O[C@@H]3S[C@H](CO)[C@@H](O)[C@H](O)[C@H]3O)nn(Cc3ccccc3)c2C(F)(F)F)cc1. The molecule has 1 saturated heterocycles. The molecule has 4 N–H and O–H groups in total. The Morgan fingerprint density at radius 3 is 2.16 bits per heavy atom. The Labute approximate surface area is 216 Å². The monoisotopic (exact) mass is 538 g/mol. The van der Waals surface area contributed by atoms with E-state index < -0.39 is 47.5 Å². The highest BCUT2D eigenvalue weighted by Gasteiger charge is 2.46. The van der Waals surface area contributed by atoms with Crippen LogP contribution in [0.3, 0.4) is 0 Å². The Hall–Kier alpha value is -2.57. The third kappa shape index (κ3) is 6.12. The number of aromatic nitrogens is 2. The molecule has 0 bridgehead atoms. The zero-order valence-corrected chi connectivity index (χ0v) is 20.9. The van der Waals surface area contributed by atoms with Crippen LogP contribution in [0.15, 0.2) is 54.6 Å². The summed E-state index contributed by atoms with van der Waals surface area (Å²) >= 11 is 0.830. The minimum absolute atomic E-state index is 0.134. The summed E-state index contributed by atoms with van der Waals surface area (Å²) in [5.41, 5.74) is -0.181. The Morgan fingerprint density at radius 1 is 0.919 bits per heavy atom. The van der Waals surface area contributed by atoms with Crippen LogP contribution in [0, 0.1) is 0 Å². The number of aliphatic hydroxyl groups is 4. The Balaban J connectivity index is 1.77. The van der Waals surface area contributed by atoms with E-state index in [2.05, 4.69) is 5.10 Å². The number of aliphatic hydroxyl groups excluding tert-OH is 4. The lowest BCUT2D eigenvalue weighted by Gasteiger charge is -2.38. The van der Waals surface area contributed by atoms with E-state index in [9.17, 15) is 33.6 Å². The molecule has 0 amide bonds. The molecule has 4 rings (SSSR count). The number of rotatable bonds is 8. The zero-order valence-electron chi connectivity index (χ0n) is 20.0. The van der Waals surface area contributed by atoms with Crippen LogP contribution in [0.4, 0.5) is 13.2 Å². The smallest absolute Gasteiger partial charge is 0.433 e. The summed E-state index contributed by atoms with van der Waals surface area (Å²) in [5, 5.41) is 43.6. The predicted molar refractivity (Wildman–Crippen MR) is 132 cm³/mol. The van der Waals surface area contributed by atoms with Gasteiger partial charge < -0.3 is 25.2 Å². The number of hydrogen-bond acceptors (Lipinski definition) is 7. The molecule has 5 atom stereocenters. The van der Waals surface area contributed by atoms with Crippen molar-refractivity contribution in [2.24, 2.45) is 0 Å². The van der Waals surface area contributed by atoms with Gasteiger partial charge in [0.2, 0.25) is 5.88 Å². The standard InChI is InChI=1S/C26H29F3N2O5S/c1-2-15-8-10-16(11-9-15)12-18-23(26(27,28)29)31(13-17-6-4-3-5-7-17)30-24(18)36-25-22(35)21(34)20(33)19(14-32)37-25/h3-11,19-22,25,32-35H,2,12-14H2,1H3/t19-,20-,21+,22-,25-/m1/s1. The maximum atomic E-state index is 14.5. The molecule has 7 nitrogen and oxygen atoms in total. The average Bonchev–Trinajstić information content (AvgIpc) is 3.21. The molecule has 0 radical (unpaired) electrons. The first kappa shape index (κ1) is 27.5. The molecule has 11 heteroatoms. The lowest BCUT2D eigenvalue weighted by atomic mass is 10.0. The van der Waals surface area contributed by atoms with Crippen LogP contribution in [-0.4, -0.2) is 65.8 Å². The summed E-state index contributed by atoms with van der Waals surface area (Å²) in [6.07, 6.45) is -8.80. The van der Waals surface area contributed by atoms with Crippen molar-refractivity contribution in [2.75, 3.05) is 6.61 Å². The van der Waals surface area contributed by atoms with Crippen molar-refractivity contribution in [1.82, 2.24) is 9.78 Å². The van der Waals surface area contributed by atoms with Crippen molar-refractivity contribution < 1.29 is 38.3 Å². The summed E-state index contributed by atoms with van der Waals surface area (Å²) in [6, 6.07) is 15.8. The molecule has 1 aliphatic heterocycles. The van der Waals surface area contributed by atoms with Crippen LogP contribution in [0.2, 0.25) is 0 Å². The topological polar surface area (TPSA) is 108 Å². The summed E-state index contributed by atoms with van der Waals surface area (Å²) in [4.78, 5) is 0. The fourth-order valence-corrected chi connectivity index (χ4v) is 5.51. The van der Waals surface area contributed by atoms with Crippen molar-refractivity contribution in [3.8, 4) is 5.88 Å². The molecule has 2 heterocycles. The molecule has 0 saturated carbocycles. The van der Waals surface area contributed by atoms with Gasteiger partial charge in [-0.15, -0.1) is 16.9 Å². The van der Waals surface area contributed by atoms with Gasteiger partial charge in [0.25, 0.3) is 0 Å². The van der Waals surface area contributed by atoms with Gasteiger partial charge in [0.05, 0.1) is 30.1 Å². The van der Waals surface area contributed by atoms with E-state index in [1.165, 1.54) is 0 Å². The van der Waals surface area contributed by atoms with E-state index in [0.717, 1.165) is 28.4 Å². The molecule has 1 fully saturated rings. The molecule has 2 aromatic carbocycles. The van der Waals surface area contributed by atoms with Gasteiger partial charge in [-0.2, -0.15) is 13.2 Å². The summed E-state index contributed by atoms with van der Waals surface area (Å²) in [7, 11) is 0. The summed E-state index contributed by atoms with van der Waals surface area (Å²) < 4.78 is 50.0. The fraction of sp³-hybridized carbons (Fsp3) is 0.423. The minimum Gasteiger partial charge on any atom is -0.459 e. The second-order valence-electron chi connectivity index (χ2n) is 8.94. The highest BCUT2D eigenvalue weighted by Crippen LogP contribution is 2.40. The number of ether oxygens (including phenoxy) is 1. The average molecular weight is 539 g/mol. The van der Waals surface area contributed by atoms with Gasteiger partial charge in [0, 0.05) is 6.42 Å². The first-order valence-electron chi connectivity index (χ1n) is 11.9. The van der Waals surface area contributed by atoms with Crippen molar-refractivity contribution in [3.63, 3.8) is 0 Å². The third-order valence-corrected chi connectivity index (χ3v) is 7.77. The molecule has 3 aromatic rings. The second kappa shape index (κ2) is 11.4. The number of nitrogens with zero attached hydrogens (tertiary/aromatic N) is 2. The zero-order chi connectivity index (χ0) is 26.7. The largest absolute Gasteiger partial charge is 0.459 e. The number of benzene rings is 2. The van der Waals surface area contributed by atoms with E-state index >= 15 is 0 Å². The molecule has 1 aromatic heterocycles. The normalized spacial score (nSPS) is 24.3. The second-order valence-corrected chi connectivity index (χ2v) is 10.3. The van der Waals surface area contributed by atoms with Crippen molar-refractivity contribution in [3.05, 3.63) is 82.5 Å². The molecular formula is C26H29F3N2O5S. The summed E-state index contributed by atoms with van der Waals surface area (Å²) in [5.74, 6) is -0.334. The fourth-order valence-electron chi connectivity index (χ4n) is 4.29. The molecule has 0 aliphatic carbocycles. The van der Waals surface area contributed by atoms with Gasteiger partial charge in [0.1, 0.15) is 17.9 Å². The molecule has 200 valence electrons. The van der Waals surface area contributed by atoms with Gasteiger partial charge in [-0.3, -0.25) is 4.68 Å². The minimum atomic E-state index is -4.76.